The molecule has 0 radical (unpaired) electrons. The van der Waals surface area contributed by atoms with E-state index in [-0.39, 0.29) is 12.1 Å². The average Bonchev–Trinajstić information content (AvgIpc) is 2.61. The molecule has 1 saturated heterocycles. The van der Waals surface area contributed by atoms with Gasteiger partial charge in [-0.3, -0.25) is 4.90 Å². The maximum absolute atomic E-state index is 6.05. The van der Waals surface area contributed by atoms with Crippen LogP contribution in [0.3, 0.4) is 0 Å². The molecule has 1 aromatic carbocycles. The molecule has 2 atom stereocenters. The second-order valence-electron chi connectivity index (χ2n) is 6.33. The molecule has 5 heteroatoms. The molecule has 1 N–H and O–H groups in total. The van der Waals surface area contributed by atoms with Crippen LogP contribution < -0.4 is 5.32 Å². The minimum Gasteiger partial charge on any atom is -0.373 e. The summed E-state index contributed by atoms with van der Waals surface area (Å²) in [7, 11) is 0. The molecule has 1 aliphatic rings. The van der Waals surface area contributed by atoms with Crippen molar-refractivity contribution in [1.82, 2.24) is 14.9 Å². The maximum atomic E-state index is 6.05. The fourth-order valence-electron chi connectivity index (χ4n) is 3.14. The maximum Gasteiger partial charge on any atom is 0.129 e. The third-order valence-corrected chi connectivity index (χ3v) is 4.45. The molecule has 1 aromatic heterocycles. The lowest BCUT2D eigenvalue weighted by Crippen LogP contribution is -2.49. The highest BCUT2D eigenvalue weighted by molar-refractivity contribution is 5.36. The number of anilines is 1. The van der Waals surface area contributed by atoms with Gasteiger partial charge < -0.3 is 10.1 Å². The molecule has 5 nitrogen and oxygen atoms in total. The third-order valence-electron chi connectivity index (χ3n) is 4.45. The lowest BCUT2D eigenvalue weighted by molar-refractivity contribution is -0.0403. The molecule has 24 heavy (non-hydrogen) atoms. The smallest absolute Gasteiger partial charge is 0.129 e. The Hall–Kier alpha value is -1.98. The topological polar surface area (TPSA) is 50.3 Å². The summed E-state index contributed by atoms with van der Waals surface area (Å²) in [6.45, 7) is 7.83. The zero-order chi connectivity index (χ0) is 16.8. The van der Waals surface area contributed by atoms with Crippen LogP contribution in [0.2, 0.25) is 0 Å². The van der Waals surface area contributed by atoms with Crippen molar-refractivity contribution in [3.8, 4) is 0 Å². The first-order valence-corrected chi connectivity index (χ1v) is 8.67. The Bertz CT molecular complexity index is 634. The molecule has 1 aliphatic heterocycles. The second kappa shape index (κ2) is 8.22. The number of aromatic nitrogens is 2. The fourth-order valence-corrected chi connectivity index (χ4v) is 3.14. The number of aryl methyl sites for hydroxylation is 1. The van der Waals surface area contributed by atoms with Crippen molar-refractivity contribution in [1.29, 1.82) is 0 Å². The van der Waals surface area contributed by atoms with Gasteiger partial charge in [-0.05, 0) is 18.9 Å². The van der Waals surface area contributed by atoms with Crippen LogP contribution in [0.5, 0.6) is 0 Å². The molecular formula is C19H26N4O. The minimum atomic E-state index is 0.169. The van der Waals surface area contributed by atoms with Gasteiger partial charge in [0.1, 0.15) is 12.1 Å². The van der Waals surface area contributed by atoms with Crippen LogP contribution in [-0.2, 0) is 11.3 Å². The number of rotatable bonds is 6. The number of hydrogen-bond donors (Lipinski definition) is 1. The van der Waals surface area contributed by atoms with Crippen molar-refractivity contribution in [3.05, 3.63) is 54.0 Å². The number of nitrogens with zero attached hydrogens (tertiary/aromatic N) is 3. The summed E-state index contributed by atoms with van der Waals surface area (Å²) in [6, 6.07) is 12.9. The van der Waals surface area contributed by atoms with Crippen LogP contribution in [0, 0.1) is 6.92 Å². The third kappa shape index (κ3) is 4.52. The molecule has 2 unspecified atom stereocenters. The van der Waals surface area contributed by atoms with E-state index in [4.69, 9.17) is 4.74 Å². The summed E-state index contributed by atoms with van der Waals surface area (Å²) in [5.74, 6) is 0.873. The van der Waals surface area contributed by atoms with Crippen LogP contribution in [-0.4, -0.2) is 46.7 Å². The van der Waals surface area contributed by atoms with Crippen molar-refractivity contribution in [2.45, 2.75) is 39.0 Å². The number of hydrogen-bond acceptors (Lipinski definition) is 5. The number of nitrogens with one attached hydrogen (secondary N) is 1. The van der Waals surface area contributed by atoms with Crippen molar-refractivity contribution in [3.63, 3.8) is 0 Å². The summed E-state index contributed by atoms with van der Waals surface area (Å²) in [4.78, 5) is 10.9. The standard InChI is InChI=1S/C19H26N4O/c1-3-17(22-19-11-15(2)20-14-21-19)18-13-23(9-10-24-18)12-16-7-5-4-6-8-16/h4-8,11,14,17-18H,3,9-10,12-13H2,1-2H3,(H,20,21,22). The highest BCUT2D eigenvalue weighted by Gasteiger charge is 2.27. The van der Waals surface area contributed by atoms with Crippen molar-refractivity contribution in [2.24, 2.45) is 0 Å². The Morgan fingerprint density at radius 2 is 2.12 bits per heavy atom. The molecule has 1 fully saturated rings. The van der Waals surface area contributed by atoms with E-state index < -0.39 is 0 Å². The zero-order valence-electron chi connectivity index (χ0n) is 14.5. The van der Waals surface area contributed by atoms with Crippen LogP contribution in [0.25, 0.3) is 0 Å². The van der Waals surface area contributed by atoms with Gasteiger partial charge in [0.15, 0.2) is 0 Å². The van der Waals surface area contributed by atoms with Gasteiger partial charge in [-0.2, -0.15) is 0 Å². The Morgan fingerprint density at radius 3 is 2.88 bits per heavy atom. The zero-order valence-corrected chi connectivity index (χ0v) is 14.5. The summed E-state index contributed by atoms with van der Waals surface area (Å²) in [5, 5.41) is 3.52. The van der Waals surface area contributed by atoms with Crippen LogP contribution in [0.15, 0.2) is 42.7 Å². The van der Waals surface area contributed by atoms with Crippen LogP contribution in [0.4, 0.5) is 5.82 Å². The van der Waals surface area contributed by atoms with Gasteiger partial charge in [0.25, 0.3) is 0 Å². The van der Waals surface area contributed by atoms with Gasteiger partial charge in [0, 0.05) is 31.4 Å². The molecular weight excluding hydrogens is 300 g/mol. The second-order valence-corrected chi connectivity index (χ2v) is 6.33. The predicted molar refractivity (Wildman–Crippen MR) is 95.9 cm³/mol. The van der Waals surface area contributed by atoms with E-state index in [1.807, 2.05) is 13.0 Å². The van der Waals surface area contributed by atoms with E-state index in [0.29, 0.717) is 0 Å². The van der Waals surface area contributed by atoms with Gasteiger partial charge in [0.2, 0.25) is 0 Å². The Kier molecular flexibility index (Phi) is 5.77. The lowest BCUT2D eigenvalue weighted by atomic mass is 10.1. The normalized spacial score (nSPS) is 19.8. The highest BCUT2D eigenvalue weighted by Crippen LogP contribution is 2.17. The first kappa shape index (κ1) is 16.9. The first-order valence-electron chi connectivity index (χ1n) is 8.67. The molecule has 0 bridgehead atoms. The number of benzene rings is 1. The fraction of sp³-hybridized carbons (Fsp3) is 0.474. The van der Waals surface area contributed by atoms with E-state index in [2.05, 4.69) is 57.4 Å². The van der Waals surface area contributed by atoms with E-state index in [0.717, 1.165) is 44.2 Å². The van der Waals surface area contributed by atoms with Crippen molar-refractivity contribution in [2.75, 3.05) is 25.0 Å². The van der Waals surface area contributed by atoms with Gasteiger partial charge in [0.05, 0.1) is 18.8 Å². The monoisotopic (exact) mass is 326 g/mol. The van der Waals surface area contributed by atoms with Gasteiger partial charge in [-0.25, -0.2) is 9.97 Å². The highest BCUT2D eigenvalue weighted by atomic mass is 16.5. The minimum absolute atomic E-state index is 0.169. The summed E-state index contributed by atoms with van der Waals surface area (Å²) >= 11 is 0. The lowest BCUT2D eigenvalue weighted by Gasteiger charge is -2.37. The molecule has 0 aliphatic carbocycles. The SMILES string of the molecule is CCC(Nc1cc(C)ncn1)C1CN(Cc2ccccc2)CCO1. The van der Waals surface area contributed by atoms with Crippen molar-refractivity contribution >= 4 is 5.82 Å². The van der Waals surface area contributed by atoms with Gasteiger partial charge in [-0.15, -0.1) is 0 Å². The Labute approximate surface area is 144 Å². The van der Waals surface area contributed by atoms with Gasteiger partial charge >= 0.3 is 0 Å². The van der Waals surface area contributed by atoms with Crippen molar-refractivity contribution < 1.29 is 4.74 Å². The van der Waals surface area contributed by atoms with E-state index in [1.54, 1.807) is 6.33 Å². The molecule has 0 amide bonds. The van der Waals surface area contributed by atoms with Gasteiger partial charge in [-0.1, -0.05) is 37.3 Å². The summed E-state index contributed by atoms with van der Waals surface area (Å²) < 4.78 is 6.05. The largest absolute Gasteiger partial charge is 0.373 e. The first-order chi connectivity index (χ1) is 11.7. The summed E-state index contributed by atoms with van der Waals surface area (Å²) in [5.41, 5.74) is 2.32. The Morgan fingerprint density at radius 1 is 1.29 bits per heavy atom. The predicted octanol–water partition coefficient (Wildman–Crippen LogP) is 2.88. The van der Waals surface area contributed by atoms with Crippen LogP contribution in [0.1, 0.15) is 24.6 Å². The molecule has 0 saturated carbocycles. The van der Waals surface area contributed by atoms with Crippen LogP contribution >= 0.6 is 0 Å². The molecule has 128 valence electrons. The molecule has 2 heterocycles. The van der Waals surface area contributed by atoms with E-state index in [9.17, 15) is 0 Å². The molecule has 3 rings (SSSR count). The molecule has 0 spiro atoms. The quantitative estimate of drug-likeness (QED) is 0.884. The van der Waals surface area contributed by atoms with E-state index in [1.165, 1.54) is 5.56 Å². The number of morpholine rings is 1. The van der Waals surface area contributed by atoms with E-state index >= 15 is 0 Å². The average molecular weight is 326 g/mol. The number of ether oxygens (including phenoxy) is 1. The summed E-state index contributed by atoms with van der Waals surface area (Å²) in [6.07, 6.45) is 2.77. The molecule has 2 aromatic rings. The Balaban J connectivity index is 1.61.